The molecule has 5 heteroatoms. The molecule has 0 bridgehead atoms. The molecule has 1 unspecified atom stereocenters. The number of benzene rings is 2. The highest BCUT2D eigenvalue weighted by Crippen LogP contribution is 2.26. The van der Waals surface area contributed by atoms with Crippen LogP contribution in [-0.4, -0.2) is 37.1 Å². The number of hydrogen-bond acceptors (Lipinski definition) is 5. The third kappa shape index (κ3) is 5.50. The number of aryl methyl sites for hydroxylation is 1. The minimum absolute atomic E-state index is 0.101. The molecule has 3 aromatic rings. The maximum absolute atomic E-state index is 13.3. The van der Waals surface area contributed by atoms with Crippen molar-refractivity contribution in [3.63, 3.8) is 0 Å². The lowest BCUT2D eigenvalue weighted by molar-refractivity contribution is 0.0946. The number of aromatic nitrogens is 1. The number of carbonyl (C=O) groups is 1. The van der Waals surface area contributed by atoms with Gasteiger partial charge in [0.15, 0.2) is 5.78 Å². The summed E-state index contributed by atoms with van der Waals surface area (Å²) >= 11 is 0. The number of ether oxygens (including phenoxy) is 1. The Hall–Kier alpha value is -4.22. The molecule has 196 valence electrons. The fraction of sp³-hybridized carbons (Fsp3) is 0.235. The molecule has 1 N–H and O–H groups in total. The lowest BCUT2D eigenvalue weighted by atomic mass is 9.82. The van der Waals surface area contributed by atoms with Gasteiger partial charge in [-0.15, -0.1) is 0 Å². The van der Waals surface area contributed by atoms with Crippen LogP contribution in [0, 0.1) is 5.92 Å². The lowest BCUT2D eigenvalue weighted by Gasteiger charge is -2.27. The zero-order chi connectivity index (χ0) is 26.4. The molecule has 0 saturated carbocycles. The van der Waals surface area contributed by atoms with Gasteiger partial charge >= 0.3 is 0 Å². The molecule has 0 amide bonds. The Bertz CT molecular complexity index is 1550. The number of allylic oxidation sites excluding steroid dienone is 4. The Morgan fingerprint density at radius 1 is 0.872 bits per heavy atom. The summed E-state index contributed by atoms with van der Waals surface area (Å²) in [6.45, 7) is 3.14. The number of pyridine rings is 1. The first-order valence-electron chi connectivity index (χ1n) is 13.8. The number of morpholine rings is 1. The first kappa shape index (κ1) is 25.1. The summed E-state index contributed by atoms with van der Waals surface area (Å²) in [7, 11) is 0. The van der Waals surface area contributed by atoms with Gasteiger partial charge in [-0.3, -0.25) is 4.79 Å². The van der Waals surface area contributed by atoms with E-state index in [1.807, 2.05) is 48.8 Å². The second-order valence-electron chi connectivity index (χ2n) is 10.1. The van der Waals surface area contributed by atoms with Crippen molar-refractivity contribution in [2.24, 2.45) is 5.92 Å². The van der Waals surface area contributed by atoms with E-state index >= 15 is 0 Å². The van der Waals surface area contributed by atoms with Crippen LogP contribution in [-0.2, 0) is 17.6 Å². The standard InChI is InChI=1S/C28H26N2O2.C6H7N/c31-28(22-9-12-27(29-18-22)30-13-15-32-16-14-30)21-6-5-20-8-10-24-23-4-2-1-3-19(23)7-11-25(24)26(20)17-21;1-2-4-6-7-5-3-1/h1-4,8-12,17-18,21H,5-7,13-16H2;1-7H. The predicted octanol–water partition coefficient (Wildman–Crippen LogP) is 4.32. The van der Waals surface area contributed by atoms with Crippen LogP contribution >= 0.6 is 0 Å². The van der Waals surface area contributed by atoms with Crippen LogP contribution in [0.2, 0.25) is 0 Å². The van der Waals surface area contributed by atoms with E-state index in [0.717, 1.165) is 51.4 Å². The van der Waals surface area contributed by atoms with E-state index in [0.29, 0.717) is 5.56 Å². The number of ketones is 1. The maximum atomic E-state index is 13.3. The van der Waals surface area contributed by atoms with Crippen LogP contribution < -0.4 is 20.7 Å². The molecule has 1 atom stereocenters. The largest absolute Gasteiger partial charge is 0.378 e. The molecule has 2 aliphatic carbocycles. The van der Waals surface area contributed by atoms with Crippen molar-refractivity contribution in [1.29, 1.82) is 0 Å². The summed E-state index contributed by atoms with van der Waals surface area (Å²) in [5.74, 6) is 0.992. The molecular formula is C34H33N3O2. The lowest BCUT2D eigenvalue weighted by Crippen LogP contribution is -2.37. The third-order valence-corrected chi connectivity index (χ3v) is 7.73. The molecule has 2 aromatic carbocycles. The Kier molecular flexibility index (Phi) is 7.50. The zero-order valence-electron chi connectivity index (χ0n) is 22.1. The maximum Gasteiger partial charge on any atom is 0.171 e. The van der Waals surface area contributed by atoms with E-state index in [9.17, 15) is 4.79 Å². The molecule has 1 aromatic heterocycles. The predicted molar refractivity (Wildman–Crippen MR) is 158 cm³/mol. The van der Waals surface area contributed by atoms with Crippen molar-refractivity contribution in [3.8, 4) is 11.1 Å². The van der Waals surface area contributed by atoms with Crippen molar-refractivity contribution in [2.75, 3.05) is 31.2 Å². The van der Waals surface area contributed by atoms with Gasteiger partial charge in [-0.05, 0) is 76.2 Å². The van der Waals surface area contributed by atoms with E-state index < -0.39 is 0 Å². The Labute approximate surface area is 229 Å². The van der Waals surface area contributed by atoms with Crippen molar-refractivity contribution in [1.82, 2.24) is 10.3 Å². The number of nitrogens with zero attached hydrogens (tertiary/aromatic N) is 2. The number of hydrogen-bond donors (Lipinski definition) is 1. The van der Waals surface area contributed by atoms with E-state index in [-0.39, 0.29) is 11.7 Å². The molecule has 4 aliphatic rings. The third-order valence-electron chi connectivity index (χ3n) is 7.73. The highest BCUT2D eigenvalue weighted by molar-refractivity contribution is 6.01. The molecule has 0 spiro atoms. The van der Waals surface area contributed by atoms with E-state index in [2.05, 4.69) is 63.8 Å². The number of carbonyl (C=O) groups excluding carboxylic acids is 1. The van der Waals surface area contributed by atoms with Gasteiger partial charge in [-0.25, -0.2) is 4.98 Å². The van der Waals surface area contributed by atoms with Crippen molar-refractivity contribution < 1.29 is 9.53 Å². The van der Waals surface area contributed by atoms with Crippen LogP contribution in [0.4, 0.5) is 5.82 Å². The molecule has 5 nitrogen and oxygen atoms in total. The summed E-state index contributed by atoms with van der Waals surface area (Å²) < 4.78 is 5.42. The van der Waals surface area contributed by atoms with Crippen molar-refractivity contribution in [3.05, 3.63) is 119 Å². The quantitative estimate of drug-likeness (QED) is 0.527. The van der Waals surface area contributed by atoms with E-state index in [1.54, 1.807) is 6.20 Å². The second-order valence-corrected chi connectivity index (χ2v) is 10.1. The number of Topliss-reactive ketones (excluding diaryl/α,β-unsaturated/α-hetero) is 1. The summed E-state index contributed by atoms with van der Waals surface area (Å²) in [6, 6.07) is 17.0. The van der Waals surface area contributed by atoms with Crippen LogP contribution in [0.5, 0.6) is 0 Å². The first-order valence-corrected chi connectivity index (χ1v) is 13.8. The van der Waals surface area contributed by atoms with Gasteiger partial charge in [0.05, 0.1) is 13.2 Å². The van der Waals surface area contributed by atoms with Crippen molar-refractivity contribution >= 4 is 23.8 Å². The van der Waals surface area contributed by atoms with Crippen LogP contribution in [0.1, 0.15) is 27.9 Å². The molecule has 39 heavy (non-hydrogen) atoms. The molecule has 0 radical (unpaired) electrons. The Morgan fingerprint density at radius 3 is 2.49 bits per heavy atom. The SMILES string of the molecule is C1=CC=CNC=C1.O=C(c1ccc(N2CCOCC2)nc1)C1C=c2c(ccc3c2=CCc2ccccc2-3)CC1. The molecular weight excluding hydrogens is 482 g/mol. The first-order chi connectivity index (χ1) is 19.3. The fourth-order valence-electron chi connectivity index (χ4n) is 5.66. The van der Waals surface area contributed by atoms with Gasteiger partial charge < -0.3 is 15.0 Å². The number of nitrogens with one attached hydrogen (secondary N) is 1. The zero-order valence-corrected chi connectivity index (χ0v) is 22.1. The number of anilines is 1. The smallest absolute Gasteiger partial charge is 0.171 e. The van der Waals surface area contributed by atoms with Crippen LogP contribution in [0.25, 0.3) is 23.3 Å². The van der Waals surface area contributed by atoms with Gasteiger partial charge in [0.25, 0.3) is 0 Å². The van der Waals surface area contributed by atoms with Gasteiger partial charge in [0.2, 0.25) is 0 Å². The molecule has 7 rings (SSSR count). The summed E-state index contributed by atoms with van der Waals surface area (Å²) in [5.41, 5.74) is 6.02. The van der Waals surface area contributed by atoms with Crippen molar-refractivity contribution in [2.45, 2.75) is 19.3 Å². The Morgan fingerprint density at radius 2 is 1.69 bits per heavy atom. The number of rotatable bonds is 3. The molecule has 2 aliphatic heterocycles. The average molecular weight is 516 g/mol. The molecule has 1 fully saturated rings. The van der Waals surface area contributed by atoms with E-state index in [4.69, 9.17) is 4.74 Å². The second kappa shape index (κ2) is 11.7. The summed E-state index contributed by atoms with van der Waals surface area (Å²) in [5, 5.41) is 5.46. The van der Waals surface area contributed by atoms with Crippen LogP contribution in [0.15, 0.2) is 91.4 Å². The minimum Gasteiger partial charge on any atom is -0.378 e. The minimum atomic E-state index is -0.101. The average Bonchev–Trinajstić information content (AvgIpc) is 3.34. The normalized spacial score (nSPS) is 18.6. The van der Waals surface area contributed by atoms with Crippen LogP contribution in [0.3, 0.4) is 0 Å². The molecule has 3 heterocycles. The topological polar surface area (TPSA) is 54.5 Å². The van der Waals surface area contributed by atoms with E-state index in [1.165, 1.54) is 32.7 Å². The molecule has 1 saturated heterocycles. The highest BCUT2D eigenvalue weighted by Gasteiger charge is 2.23. The number of fused-ring (bicyclic) bond motifs is 5. The summed E-state index contributed by atoms with van der Waals surface area (Å²) in [6.07, 6.45) is 20.6. The van der Waals surface area contributed by atoms with Gasteiger partial charge in [0.1, 0.15) is 5.82 Å². The Balaban J connectivity index is 0.000000346. The van der Waals surface area contributed by atoms with Gasteiger partial charge in [-0.1, -0.05) is 60.7 Å². The highest BCUT2D eigenvalue weighted by atomic mass is 16.5. The van der Waals surface area contributed by atoms with Gasteiger partial charge in [0, 0.05) is 43.2 Å². The fourth-order valence-corrected chi connectivity index (χ4v) is 5.66. The summed E-state index contributed by atoms with van der Waals surface area (Å²) in [4.78, 5) is 20.1. The van der Waals surface area contributed by atoms with Gasteiger partial charge in [-0.2, -0.15) is 0 Å². The monoisotopic (exact) mass is 515 g/mol.